The molecule has 0 bridgehead atoms. The van der Waals surface area contributed by atoms with E-state index in [1.54, 1.807) is 32.4 Å². The number of nitrogens with zero attached hydrogens (tertiary/aromatic N) is 1. The van der Waals surface area contributed by atoms with Crippen molar-refractivity contribution in [1.29, 1.82) is 5.26 Å². The number of hydrogen-bond acceptors (Lipinski definition) is 5. The van der Waals surface area contributed by atoms with E-state index in [4.69, 9.17) is 26.3 Å². The minimum Gasteiger partial charge on any atom is -0.497 e. The van der Waals surface area contributed by atoms with Crippen molar-refractivity contribution in [3.63, 3.8) is 0 Å². The van der Waals surface area contributed by atoms with Gasteiger partial charge in [0, 0.05) is 6.54 Å². The lowest BCUT2D eigenvalue weighted by Gasteiger charge is -2.11. The second-order valence-corrected chi connectivity index (χ2v) is 7.25. The average Bonchev–Trinajstić information content (AvgIpc) is 2.61. The molecular formula is C17H17ClN2O4S. The van der Waals surface area contributed by atoms with Crippen LogP contribution in [0.1, 0.15) is 11.1 Å². The quantitative estimate of drug-likeness (QED) is 0.797. The van der Waals surface area contributed by atoms with E-state index < -0.39 is 10.0 Å². The van der Waals surface area contributed by atoms with Gasteiger partial charge in [0.25, 0.3) is 0 Å². The van der Waals surface area contributed by atoms with E-state index in [2.05, 4.69) is 4.72 Å². The minimum atomic E-state index is -3.73. The van der Waals surface area contributed by atoms with E-state index in [-0.39, 0.29) is 22.0 Å². The van der Waals surface area contributed by atoms with E-state index >= 15 is 0 Å². The van der Waals surface area contributed by atoms with E-state index in [0.717, 1.165) is 5.56 Å². The fourth-order valence-corrected chi connectivity index (χ4v) is 3.58. The molecule has 0 radical (unpaired) electrons. The Labute approximate surface area is 152 Å². The van der Waals surface area contributed by atoms with Gasteiger partial charge in [0.15, 0.2) is 0 Å². The molecule has 0 saturated carbocycles. The molecule has 0 aliphatic carbocycles. The van der Waals surface area contributed by atoms with Crippen molar-refractivity contribution in [3.8, 4) is 17.6 Å². The van der Waals surface area contributed by atoms with Crippen LogP contribution in [0.5, 0.6) is 11.5 Å². The van der Waals surface area contributed by atoms with Crippen LogP contribution < -0.4 is 14.2 Å². The van der Waals surface area contributed by atoms with E-state index in [1.165, 1.54) is 18.2 Å². The number of sulfonamides is 1. The molecule has 0 atom stereocenters. The minimum absolute atomic E-state index is 0.00843. The third kappa shape index (κ3) is 4.63. The normalized spacial score (nSPS) is 11.0. The van der Waals surface area contributed by atoms with Crippen molar-refractivity contribution in [1.82, 2.24) is 4.72 Å². The lowest BCUT2D eigenvalue weighted by molar-refractivity contribution is 0.398. The summed E-state index contributed by atoms with van der Waals surface area (Å²) in [5.41, 5.74) is 1.05. The molecule has 0 heterocycles. The molecule has 0 spiro atoms. The van der Waals surface area contributed by atoms with Crippen LogP contribution in [0, 0.1) is 11.3 Å². The maximum atomic E-state index is 12.3. The van der Waals surface area contributed by atoms with Crippen LogP contribution in [-0.2, 0) is 16.4 Å². The van der Waals surface area contributed by atoms with Crippen LogP contribution >= 0.6 is 11.6 Å². The zero-order valence-corrected chi connectivity index (χ0v) is 15.3. The Morgan fingerprint density at radius 2 is 1.92 bits per heavy atom. The summed E-state index contributed by atoms with van der Waals surface area (Å²) in [5, 5.41) is 8.95. The fourth-order valence-electron chi connectivity index (χ4n) is 2.23. The van der Waals surface area contributed by atoms with Crippen LogP contribution in [-0.4, -0.2) is 29.2 Å². The molecule has 132 valence electrons. The highest BCUT2D eigenvalue weighted by molar-refractivity contribution is 7.89. The second kappa shape index (κ2) is 8.21. The predicted molar refractivity (Wildman–Crippen MR) is 94.6 cm³/mol. The molecule has 0 aromatic heterocycles. The largest absolute Gasteiger partial charge is 0.497 e. The van der Waals surface area contributed by atoms with Gasteiger partial charge in [0.05, 0.1) is 29.7 Å². The molecule has 1 N–H and O–H groups in total. The van der Waals surface area contributed by atoms with Gasteiger partial charge in [-0.3, -0.25) is 0 Å². The van der Waals surface area contributed by atoms with Crippen molar-refractivity contribution in [3.05, 3.63) is 52.5 Å². The first-order valence-corrected chi connectivity index (χ1v) is 9.17. The lowest BCUT2D eigenvalue weighted by Crippen LogP contribution is -2.26. The number of halogens is 1. The van der Waals surface area contributed by atoms with Crippen LogP contribution in [0.25, 0.3) is 0 Å². The molecule has 6 nitrogen and oxygen atoms in total. The summed E-state index contributed by atoms with van der Waals surface area (Å²) < 4.78 is 37.6. The van der Waals surface area contributed by atoms with Gasteiger partial charge < -0.3 is 9.47 Å². The van der Waals surface area contributed by atoms with Gasteiger partial charge in [0.1, 0.15) is 17.6 Å². The highest BCUT2D eigenvalue weighted by Crippen LogP contribution is 2.24. The Hall–Kier alpha value is -2.27. The number of methoxy groups -OCH3 is 2. The number of nitrogens with one attached hydrogen (secondary N) is 1. The average molecular weight is 381 g/mol. The van der Waals surface area contributed by atoms with Crippen molar-refractivity contribution in [2.24, 2.45) is 0 Å². The Morgan fingerprint density at radius 1 is 1.16 bits per heavy atom. The highest BCUT2D eigenvalue weighted by Gasteiger charge is 2.16. The van der Waals surface area contributed by atoms with E-state index in [1.807, 2.05) is 6.07 Å². The highest BCUT2D eigenvalue weighted by atomic mass is 35.5. The molecule has 0 fully saturated rings. The van der Waals surface area contributed by atoms with Gasteiger partial charge in [-0.15, -0.1) is 0 Å². The summed E-state index contributed by atoms with van der Waals surface area (Å²) in [5.74, 6) is 1.32. The van der Waals surface area contributed by atoms with Gasteiger partial charge in [-0.2, -0.15) is 5.26 Å². The molecule has 0 unspecified atom stereocenters. The Balaban J connectivity index is 2.11. The SMILES string of the molecule is COc1ccc(OC)c(CCNS(=O)(=O)c2ccc(C#N)c(Cl)c2)c1. The van der Waals surface area contributed by atoms with Crippen molar-refractivity contribution >= 4 is 21.6 Å². The molecule has 0 saturated heterocycles. The van der Waals surface area contributed by atoms with E-state index in [0.29, 0.717) is 17.9 Å². The van der Waals surface area contributed by atoms with Gasteiger partial charge >= 0.3 is 0 Å². The third-order valence-corrected chi connectivity index (χ3v) is 5.32. The zero-order valence-electron chi connectivity index (χ0n) is 13.7. The Kier molecular flexibility index (Phi) is 6.26. The number of benzene rings is 2. The van der Waals surface area contributed by atoms with Gasteiger partial charge in [0.2, 0.25) is 10.0 Å². The predicted octanol–water partition coefficient (Wildman–Crippen LogP) is 2.75. The van der Waals surface area contributed by atoms with Crippen LogP contribution in [0.4, 0.5) is 0 Å². The summed E-state index contributed by atoms with van der Waals surface area (Å²) in [4.78, 5) is 0.00843. The molecule has 0 aliphatic heterocycles. The zero-order chi connectivity index (χ0) is 18.4. The molecule has 25 heavy (non-hydrogen) atoms. The number of hydrogen-bond donors (Lipinski definition) is 1. The maximum Gasteiger partial charge on any atom is 0.240 e. The van der Waals surface area contributed by atoms with Crippen molar-refractivity contribution in [2.45, 2.75) is 11.3 Å². The number of rotatable bonds is 7. The van der Waals surface area contributed by atoms with Crippen LogP contribution in [0.15, 0.2) is 41.3 Å². The standard InChI is InChI=1S/C17H17ClN2O4S/c1-23-14-4-6-17(24-2)12(9-14)7-8-20-25(21,22)15-5-3-13(11-19)16(18)10-15/h3-6,9-10,20H,7-8H2,1-2H3. The van der Waals surface area contributed by atoms with Crippen LogP contribution in [0.3, 0.4) is 0 Å². The first-order valence-electron chi connectivity index (χ1n) is 7.31. The summed E-state index contributed by atoms with van der Waals surface area (Å²) in [7, 11) is -0.621. The van der Waals surface area contributed by atoms with Gasteiger partial charge in [-0.25, -0.2) is 13.1 Å². The molecule has 8 heteroatoms. The summed E-state index contributed by atoms with van der Waals surface area (Å²) in [6.07, 6.45) is 0.420. The van der Waals surface area contributed by atoms with Gasteiger partial charge in [-0.1, -0.05) is 11.6 Å². The van der Waals surface area contributed by atoms with Crippen molar-refractivity contribution in [2.75, 3.05) is 20.8 Å². The topological polar surface area (TPSA) is 88.4 Å². The summed E-state index contributed by atoms with van der Waals surface area (Å²) >= 11 is 5.89. The Bertz CT molecular complexity index is 907. The van der Waals surface area contributed by atoms with Crippen molar-refractivity contribution < 1.29 is 17.9 Å². The summed E-state index contributed by atoms with van der Waals surface area (Å²) in [6, 6.07) is 11.2. The first-order chi connectivity index (χ1) is 11.9. The fraction of sp³-hybridized carbons (Fsp3) is 0.235. The molecule has 2 aromatic carbocycles. The molecule has 0 aliphatic rings. The summed E-state index contributed by atoms with van der Waals surface area (Å²) in [6.45, 7) is 0.170. The second-order valence-electron chi connectivity index (χ2n) is 5.08. The molecular weight excluding hydrogens is 364 g/mol. The van der Waals surface area contributed by atoms with Crippen LogP contribution in [0.2, 0.25) is 5.02 Å². The third-order valence-electron chi connectivity index (χ3n) is 3.55. The monoisotopic (exact) mass is 380 g/mol. The Morgan fingerprint density at radius 3 is 2.52 bits per heavy atom. The molecule has 0 amide bonds. The molecule has 2 rings (SSSR count). The number of nitriles is 1. The van der Waals surface area contributed by atoms with E-state index in [9.17, 15) is 8.42 Å². The molecule has 2 aromatic rings. The maximum absolute atomic E-state index is 12.3. The van der Waals surface area contributed by atoms with Gasteiger partial charge in [-0.05, 0) is 48.4 Å². The first kappa shape index (κ1) is 19.1. The smallest absolute Gasteiger partial charge is 0.240 e. The number of ether oxygens (including phenoxy) is 2. The lowest BCUT2D eigenvalue weighted by atomic mass is 10.1.